The maximum absolute atomic E-state index is 12.3. The molecule has 1 aliphatic heterocycles. The first-order chi connectivity index (χ1) is 12.7. The Morgan fingerprint density at radius 1 is 1.41 bits per heavy atom. The van der Waals surface area contributed by atoms with E-state index in [1.165, 1.54) is 12.1 Å². The van der Waals surface area contributed by atoms with Crippen molar-refractivity contribution in [3.8, 4) is 0 Å². The highest BCUT2D eigenvalue weighted by Gasteiger charge is 2.32. The smallest absolute Gasteiger partial charge is 0.410 e. The lowest BCUT2D eigenvalue weighted by Crippen LogP contribution is -2.42. The van der Waals surface area contributed by atoms with E-state index >= 15 is 0 Å². The average molecular weight is 373 g/mol. The summed E-state index contributed by atoms with van der Waals surface area (Å²) in [4.78, 5) is 33.1. The number of nitrogens with one attached hydrogen (secondary N) is 1. The van der Waals surface area contributed by atoms with E-state index in [1.54, 1.807) is 17.2 Å². The molecular formula is C18H23N5O4. The first-order valence-corrected chi connectivity index (χ1v) is 8.87. The van der Waals surface area contributed by atoms with Crippen molar-refractivity contribution in [3.63, 3.8) is 0 Å². The minimum Gasteiger partial charge on any atom is -0.444 e. The molecule has 1 atom stereocenters. The molecule has 1 amide bonds. The second kappa shape index (κ2) is 7.34. The summed E-state index contributed by atoms with van der Waals surface area (Å²) < 4.78 is 5.47. The van der Waals surface area contributed by atoms with Crippen molar-refractivity contribution in [2.75, 3.05) is 18.4 Å². The van der Waals surface area contributed by atoms with E-state index in [-0.39, 0.29) is 17.8 Å². The zero-order valence-corrected chi connectivity index (χ0v) is 15.6. The third-order valence-electron chi connectivity index (χ3n) is 4.26. The number of nitro benzene ring substituents is 1. The van der Waals surface area contributed by atoms with Crippen LogP contribution in [0.3, 0.4) is 0 Å². The molecule has 0 unspecified atom stereocenters. The number of amides is 1. The number of nitro groups is 1. The van der Waals surface area contributed by atoms with Gasteiger partial charge in [0.1, 0.15) is 11.4 Å². The molecule has 2 heterocycles. The zero-order chi connectivity index (χ0) is 19.6. The minimum atomic E-state index is -0.524. The van der Waals surface area contributed by atoms with Crippen molar-refractivity contribution in [2.24, 2.45) is 0 Å². The van der Waals surface area contributed by atoms with Gasteiger partial charge in [-0.25, -0.2) is 9.78 Å². The summed E-state index contributed by atoms with van der Waals surface area (Å²) in [6.07, 6.45) is 3.06. The largest absolute Gasteiger partial charge is 0.444 e. The quantitative estimate of drug-likeness (QED) is 0.646. The highest BCUT2D eigenvalue weighted by atomic mass is 16.6. The molecule has 0 saturated carbocycles. The maximum atomic E-state index is 12.3. The monoisotopic (exact) mass is 373 g/mol. The second-order valence-electron chi connectivity index (χ2n) is 7.54. The van der Waals surface area contributed by atoms with Crippen LogP contribution in [0.2, 0.25) is 0 Å². The summed E-state index contributed by atoms with van der Waals surface area (Å²) in [6.45, 7) is 6.76. The van der Waals surface area contributed by atoms with Crippen LogP contribution in [0, 0.1) is 10.1 Å². The van der Waals surface area contributed by atoms with E-state index in [2.05, 4.69) is 15.3 Å². The Balaban J connectivity index is 1.66. The predicted octanol–water partition coefficient (Wildman–Crippen LogP) is 3.35. The van der Waals surface area contributed by atoms with Gasteiger partial charge in [0.15, 0.2) is 0 Å². The van der Waals surface area contributed by atoms with Crippen molar-refractivity contribution in [1.82, 2.24) is 14.9 Å². The fourth-order valence-electron chi connectivity index (χ4n) is 3.03. The highest BCUT2D eigenvalue weighted by molar-refractivity contribution is 5.78. The number of aromatic nitrogens is 2. The van der Waals surface area contributed by atoms with Gasteiger partial charge in [0.2, 0.25) is 0 Å². The molecule has 1 aliphatic rings. The molecule has 0 aliphatic carbocycles. The molecule has 1 aromatic carbocycles. The van der Waals surface area contributed by atoms with E-state index < -0.39 is 10.5 Å². The van der Waals surface area contributed by atoms with Crippen LogP contribution in [0.1, 0.15) is 33.6 Å². The van der Waals surface area contributed by atoms with Crippen LogP contribution in [0.25, 0.3) is 11.0 Å². The Labute approximate surface area is 156 Å². The van der Waals surface area contributed by atoms with E-state index in [4.69, 9.17) is 4.74 Å². The molecule has 3 rings (SSSR count). The molecule has 0 bridgehead atoms. The molecule has 1 saturated heterocycles. The first-order valence-electron chi connectivity index (χ1n) is 8.87. The number of nitrogens with zero attached hydrogens (tertiary/aromatic N) is 4. The van der Waals surface area contributed by atoms with E-state index in [9.17, 15) is 14.9 Å². The number of benzene rings is 1. The normalized spacial score (nSPS) is 17.1. The fraction of sp³-hybridized carbons (Fsp3) is 0.500. The Morgan fingerprint density at radius 3 is 2.89 bits per heavy atom. The molecular weight excluding hydrogens is 350 g/mol. The van der Waals surface area contributed by atoms with Crippen LogP contribution >= 0.6 is 0 Å². The standard InChI is InChI=1S/C18H23N5O4/c1-18(2,3)27-17(24)22-8-4-5-13(22)10-20-16-11-19-15-9-12(23(25)26)6-7-14(15)21-16/h6-7,9,11,13H,4-5,8,10H2,1-3H3,(H,20,21)/t13-/m0/s1. The van der Waals surface area contributed by atoms with E-state index in [0.29, 0.717) is 29.9 Å². The third-order valence-corrected chi connectivity index (χ3v) is 4.26. The van der Waals surface area contributed by atoms with E-state index in [1.807, 2.05) is 20.8 Å². The lowest BCUT2D eigenvalue weighted by Gasteiger charge is -2.28. The summed E-state index contributed by atoms with van der Waals surface area (Å²) in [6, 6.07) is 4.40. The summed E-state index contributed by atoms with van der Waals surface area (Å²) in [5.41, 5.74) is 0.493. The molecule has 0 spiro atoms. The molecule has 27 heavy (non-hydrogen) atoms. The number of carbonyl (C=O) groups is 1. The van der Waals surface area contributed by atoms with Crippen molar-refractivity contribution in [1.29, 1.82) is 0 Å². The number of fused-ring (bicyclic) bond motifs is 1. The third kappa shape index (κ3) is 4.60. The lowest BCUT2D eigenvalue weighted by atomic mass is 10.2. The second-order valence-corrected chi connectivity index (χ2v) is 7.54. The number of anilines is 1. The van der Waals surface area contributed by atoms with Crippen LogP contribution in [0.15, 0.2) is 24.4 Å². The molecule has 0 radical (unpaired) electrons. The van der Waals surface area contributed by atoms with Gasteiger partial charge in [-0.05, 0) is 39.7 Å². The Kier molecular flexibility index (Phi) is 5.11. The van der Waals surface area contributed by atoms with Gasteiger partial charge in [-0.2, -0.15) is 0 Å². The predicted molar refractivity (Wildman–Crippen MR) is 101 cm³/mol. The van der Waals surface area contributed by atoms with Gasteiger partial charge in [-0.1, -0.05) is 0 Å². The van der Waals surface area contributed by atoms with Crippen molar-refractivity contribution >= 4 is 28.6 Å². The SMILES string of the molecule is CC(C)(C)OC(=O)N1CCC[C@H]1CNc1cnc2cc([N+](=O)[O-])ccc2n1. The first kappa shape index (κ1) is 18.8. The number of likely N-dealkylation sites (tertiary alicyclic amines) is 1. The van der Waals surface area contributed by atoms with Gasteiger partial charge in [0.05, 0.1) is 28.2 Å². The number of ether oxygens (including phenoxy) is 1. The average Bonchev–Trinajstić information content (AvgIpc) is 3.06. The van der Waals surface area contributed by atoms with Crippen LogP contribution in [0.5, 0.6) is 0 Å². The topological polar surface area (TPSA) is 110 Å². The number of hydrogen-bond acceptors (Lipinski definition) is 7. The van der Waals surface area contributed by atoms with Crippen LogP contribution < -0.4 is 5.32 Å². The summed E-state index contributed by atoms with van der Waals surface area (Å²) in [5.74, 6) is 0.562. The highest BCUT2D eigenvalue weighted by Crippen LogP contribution is 2.22. The lowest BCUT2D eigenvalue weighted by molar-refractivity contribution is -0.384. The van der Waals surface area contributed by atoms with Gasteiger partial charge < -0.3 is 15.0 Å². The van der Waals surface area contributed by atoms with Crippen LogP contribution in [-0.4, -0.2) is 50.6 Å². The molecule has 9 nitrogen and oxygen atoms in total. The van der Waals surface area contributed by atoms with Gasteiger partial charge in [0.25, 0.3) is 5.69 Å². The number of carbonyl (C=O) groups excluding carboxylic acids is 1. The van der Waals surface area contributed by atoms with E-state index in [0.717, 1.165) is 12.8 Å². The number of rotatable bonds is 4. The Hall–Kier alpha value is -2.97. The minimum absolute atomic E-state index is 0.0172. The van der Waals surface area contributed by atoms with Crippen molar-refractivity contribution in [2.45, 2.75) is 45.3 Å². The molecule has 1 fully saturated rings. The Morgan fingerprint density at radius 2 is 2.19 bits per heavy atom. The number of hydrogen-bond donors (Lipinski definition) is 1. The maximum Gasteiger partial charge on any atom is 0.410 e. The van der Waals surface area contributed by atoms with Crippen molar-refractivity contribution < 1.29 is 14.5 Å². The molecule has 9 heteroatoms. The summed E-state index contributed by atoms with van der Waals surface area (Å²) in [5, 5.41) is 14.0. The molecule has 2 aromatic rings. The summed E-state index contributed by atoms with van der Waals surface area (Å²) in [7, 11) is 0. The zero-order valence-electron chi connectivity index (χ0n) is 15.6. The van der Waals surface area contributed by atoms with Crippen molar-refractivity contribution in [3.05, 3.63) is 34.5 Å². The molecule has 144 valence electrons. The summed E-state index contributed by atoms with van der Waals surface area (Å²) >= 11 is 0. The molecule has 1 N–H and O–H groups in total. The fourth-order valence-corrected chi connectivity index (χ4v) is 3.03. The Bertz CT molecular complexity index is 864. The van der Waals surface area contributed by atoms with Crippen LogP contribution in [0.4, 0.5) is 16.3 Å². The molecule has 1 aromatic heterocycles. The van der Waals surface area contributed by atoms with Crippen LogP contribution in [-0.2, 0) is 4.74 Å². The van der Waals surface area contributed by atoms with Gasteiger partial charge in [0, 0.05) is 25.2 Å². The van der Waals surface area contributed by atoms with Gasteiger partial charge in [-0.15, -0.1) is 0 Å². The number of non-ortho nitro benzene ring substituents is 1. The van der Waals surface area contributed by atoms with Gasteiger partial charge in [-0.3, -0.25) is 15.1 Å². The van der Waals surface area contributed by atoms with Gasteiger partial charge >= 0.3 is 6.09 Å².